The van der Waals surface area contributed by atoms with Crippen LogP contribution in [0.4, 0.5) is 8.78 Å². The van der Waals surface area contributed by atoms with Crippen molar-refractivity contribution in [2.75, 3.05) is 0 Å². The Labute approximate surface area is 227 Å². The van der Waals surface area contributed by atoms with Gasteiger partial charge < -0.3 is 0 Å². The predicted molar refractivity (Wildman–Crippen MR) is 151 cm³/mol. The first-order valence-corrected chi connectivity index (χ1v) is 12.2. The summed E-state index contributed by atoms with van der Waals surface area (Å²) in [6.07, 6.45) is 3.31. The average Bonchev–Trinajstić information content (AvgIpc) is 2.98. The highest BCUT2D eigenvalue weighted by Gasteiger charge is 2.23. The summed E-state index contributed by atoms with van der Waals surface area (Å²) in [7, 11) is 0. The monoisotopic (exact) mass is 521 g/mol. The van der Waals surface area contributed by atoms with Crippen LogP contribution in [0.3, 0.4) is 0 Å². The summed E-state index contributed by atoms with van der Waals surface area (Å²) in [6.45, 7) is 0. The minimum absolute atomic E-state index is 0.0729. The number of benzene rings is 4. The molecule has 5 nitrogen and oxygen atoms in total. The van der Waals surface area contributed by atoms with Crippen LogP contribution in [0.25, 0.3) is 50.5 Å². The Hall–Kier alpha value is -5.79. The molecule has 1 aliphatic rings. The van der Waals surface area contributed by atoms with E-state index < -0.39 is 11.6 Å². The number of nitriles is 2. The van der Waals surface area contributed by atoms with Gasteiger partial charge in [-0.2, -0.15) is 10.5 Å². The lowest BCUT2D eigenvalue weighted by Gasteiger charge is -2.19. The maximum absolute atomic E-state index is 14.6. The van der Waals surface area contributed by atoms with E-state index >= 15 is 0 Å². The lowest BCUT2D eigenvalue weighted by molar-refractivity contribution is 0.589. The van der Waals surface area contributed by atoms with Crippen molar-refractivity contribution in [3.8, 4) is 45.6 Å². The summed E-state index contributed by atoms with van der Waals surface area (Å²) >= 11 is 0. The van der Waals surface area contributed by atoms with Crippen LogP contribution in [0.1, 0.15) is 22.3 Å². The van der Waals surface area contributed by atoms with Gasteiger partial charge in [-0.25, -0.2) is 13.8 Å². The molecule has 0 radical (unpaired) electrons. The summed E-state index contributed by atoms with van der Waals surface area (Å²) in [5.41, 5.74) is 5.46. The van der Waals surface area contributed by atoms with Crippen molar-refractivity contribution < 1.29 is 8.78 Å². The molecule has 1 heterocycles. The molecule has 2 N–H and O–H groups in total. The summed E-state index contributed by atoms with van der Waals surface area (Å²) in [5, 5.41) is 35.9. The van der Waals surface area contributed by atoms with Crippen molar-refractivity contribution in [2.24, 2.45) is 0 Å². The molecule has 0 fully saturated rings. The van der Waals surface area contributed by atoms with Crippen molar-refractivity contribution >= 4 is 28.4 Å². The van der Waals surface area contributed by atoms with Crippen molar-refractivity contribution in [1.82, 2.24) is 4.98 Å². The molecular weight excluding hydrogens is 504 g/mol. The van der Waals surface area contributed by atoms with E-state index in [1.807, 2.05) is 30.3 Å². The lowest BCUT2D eigenvalue weighted by atomic mass is 9.87. The maximum atomic E-state index is 14.6. The van der Waals surface area contributed by atoms with Crippen LogP contribution in [0.2, 0.25) is 0 Å². The van der Waals surface area contributed by atoms with E-state index in [1.165, 1.54) is 0 Å². The van der Waals surface area contributed by atoms with E-state index in [2.05, 4.69) is 6.07 Å². The van der Waals surface area contributed by atoms with Crippen molar-refractivity contribution in [3.05, 3.63) is 119 Å². The Bertz CT molecular complexity index is 2000. The number of fused-ring (bicyclic) bond motifs is 3. The van der Waals surface area contributed by atoms with Crippen molar-refractivity contribution in [3.63, 3.8) is 0 Å². The molecule has 6 rings (SSSR count). The fourth-order valence-electron chi connectivity index (χ4n) is 4.97. The minimum Gasteiger partial charge on any atom is -0.299 e. The molecule has 0 unspecified atom stereocenters. The quantitative estimate of drug-likeness (QED) is 0.254. The van der Waals surface area contributed by atoms with Gasteiger partial charge in [-0.3, -0.25) is 10.8 Å². The predicted octanol–water partition coefficient (Wildman–Crippen LogP) is 7.67. The molecule has 0 saturated heterocycles. The first-order chi connectivity index (χ1) is 19.4. The zero-order chi connectivity index (χ0) is 28.0. The number of allylic oxidation sites excluding steroid dienone is 1. The number of rotatable bonds is 3. The zero-order valence-electron chi connectivity index (χ0n) is 20.8. The van der Waals surface area contributed by atoms with Crippen molar-refractivity contribution in [2.45, 2.75) is 0 Å². The number of aromatic nitrogens is 1. The third-order valence-electron chi connectivity index (χ3n) is 6.90. The number of hydrogen-bond donors (Lipinski definition) is 2. The van der Waals surface area contributed by atoms with Gasteiger partial charge in [-0.1, -0.05) is 48.5 Å². The topological polar surface area (TPSA) is 108 Å². The zero-order valence-corrected chi connectivity index (χ0v) is 20.8. The summed E-state index contributed by atoms with van der Waals surface area (Å²) in [5.74, 6) is -1.65. The SMILES string of the molecule is N#Cc1cccc(-c2ccc3c4c(c(-c5ccc(-c6c(F)cc(C#N)cc6F)cc5)nc3c2)C=CC(=N)C4=N)c1. The van der Waals surface area contributed by atoms with Gasteiger partial charge in [0, 0.05) is 22.1 Å². The van der Waals surface area contributed by atoms with E-state index in [0.717, 1.165) is 28.6 Å². The Morgan fingerprint density at radius 2 is 1.30 bits per heavy atom. The minimum atomic E-state index is -0.826. The van der Waals surface area contributed by atoms with Crippen LogP contribution >= 0.6 is 0 Å². The fraction of sp³-hybridized carbons (Fsp3) is 0. The number of nitrogens with one attached hydrogen (secondary N) is 2. The molecule has 0 saturated carbocycles. The highest BCUT2D eigenvalue weighted by atomic mass is 19.1. The Morgan fingerprint density at radius 1 is 0.650 bits per heavy atom. The molecule has 1 aromatic heterocycles. The first-order valence-electron chi connectivity index (χ1n) is 12.2. The lowest BCUT2D eigenvalue weighted by Crippen LogP contribution is -2.17. The van der Waals surface area contributed by atoms with E-state index in [1.54, 1.807) is 54.6 Å². The number of nitrogens with zero attached hydrogens (tertiary/aromatic N) is 3. The van der Waals surface area contributed by atoms with Gasteiger partial charge in [0.15, 0.2) is 0 Å². The Kier molecular flexibility index (Phi) is 5.83. The molecule has 0 atom stereocenters. The molecule has 0 amide bonds. The van der Waals surface area contributed by atoms with Crippen LogP contribution < -0.4 is 0 Å². The fourth-order valence-corrected chi connectivity index (χ4v) is 4.97. The molecule has 5 aromatic rings. The van der Waals surface area contributed by atoms with Gasteiger partial charge in [0.05, 0.1) is 51.5 Å². The second-order valence-electron chi connectivity index (χ2n) is 9.30. The third kappa shape index (κ3) is 4.03. The van der Waals surface area contributed by atoms with Gasteiger partial charge in [-0.05, 0) is 59.2 Å². The molecule has 7 heteroatoms. The normalized spacial score (nSPS) is 12.2. The smallest absolute Gasteiger partial charge is 0.135 e. The first kappa shape index (κ1) is 24.5. The number of halogens is 2. The average molecular weight is 522 g/mol. The summed E-state index contributed by atoms with van der Waals surface area (Å²) in [6, 6.07) is 25.4. The van der Waals surface area contributed by atoms with Crippen LogP contribution in [-0.4, -0.2) is 16.4 Å². The van der Waals surface area contributed by atoms with Gasteiger partial charge >= 0.3 is 0 Å². The molecule has 1 aliphatic carbocycles. The van der Waals surface area contributed by atoms with Crippen LogP contribution in [-0.2, 0) is 0 Å². The number of pyridine rings is 1. The number of hydrogen-bond acceptors (Lipinski definition) is 5. The van der Waals surface area contributed by atoms with E-state index in [0.29, 0.717) is 39.0 Å². The molecule has 40 heavy (non-hydrogen) atoms. The van der Waals surface area contributed by atoms with Crippen LogP contribution in [0, 0.1) is 45.1 Å². The van der Waals surface area contributed by atoms with Gasteiger partial charge in [0.2, 0.25) is 0 Å². The van der Waals surface area contributed by atoms with Crippen LogP contribution in [0.15, 0.2) is 84.9 Å². The Morgan fingerprint density at radius 3 is 2.00 bits per heavy atom. The van der Waals surface area contributed by atoms with Gasteiger partial charge in [0.1, 0.15) is 11.6 Å². The molecule has 188 valence electrons. The maximum Gasteiger partial charge on any atom is 0.135 e. The molecule has 0 bridgehead atoms. The molecule has 0 spiro atoms. The second kappa shape index (κ2) is 9.50. The largest absolute Gasteiger partial charge is 0.299 e. The van der Waals surface area contributed by atoms with Gasteiger partial charge in [0.25, 0.3) is 0 Å². The van der Waals surface area contributed by atoms with Crippen LogP contribution in [0.5, 0.6) is 0 Å². The molecular formula is C33H17F2N5. The van der Waals surface area contributed by atoms with E-state index in [4.69, 9.17) is 21.1 Å². The molecule has 0 aliphatic heterocycles. The van der Waals surface area contributed by atoms with E-state index in [9.17, 15) is 14.0 Å². The molecule has 4 aromatic carbocycles. The Balaban J connectivity index is 1.53. The highest BCUT2D eigenvalue weighted by Crippen LogP contribution is 2.37. The standard InChI is InChI=1S/C33H17F2N5/c34-26-13-19(17-37)14-27(35)30(26)20-4-6-21(7-5-20)33-25-10-11-28(38)32(39)31(25)24-9-8-23(15-29(24)40-33)22-3-1-2-18(12-22)16-36/h1-15,38-39H. The van der Waals surface area contributed by atoms with Gasteiger partial charge in [-0.15, -0.1) is 0 Å². The third-order valence-corrected chi connectivity index (χ3v) is 6.90. The highest BCUT2D eigenvalue weighted by molar-refractivity contribution is 6.54. The van der Waals surface area contributed by atoms with E-state index in [-0.39, 0.29) is 22.6 Å². The van der Waals surface area contributed by atoms with Crippen molar-refractivity contribution in [1.29, 1.82) is 21.3 Å². The summed E-state index contributed by atoms with van der Waals surface area (Å²) < 4.78 is 29.3. The second-order valence-corrected chi connectivity index (χ2v) is 9.30. The summed E-state index contributed by atoms with van der Waals surface area (Å²) in [4.78, 5) is 4.94.